The van der Waals surface area contributed by atoms with Crippen molar-refractivity contribution in [3.8, 4) is 0 Å². The van der Waals surface area contributed by atoms with Gasteiger partial charge in [-0.25, -0.2) is 0 Å². The van der Waals surface area contributed by atoms with Gasteiger partial charge in [0.15, 0.2) is 0 Å². The van der Waals surface area contributed by atoms with Crippen molar-refractivity contribution < 1.29 is 54.8 Å². The number of nitrogens with two attached hydrogens (primary N) is 3. The second kappa shape index (κ2) is 30.4. The van der Waals surface area contributed by atoms with Crippen LogP contribution in [0.1, 0.15) is 164 Å². The molecule has 0 aliphatic heterocycles. The number of rotatable bonds is 21. The molecule has 0 aromatic carbocycles. The molecule has 8 nitrogen and oxygen atoms in total. The molecule has 9 heteroatoms. The Balaban J connectivity index is -0.000000150. The molecular formula is C31H68N3NaO5. The third kappa shape index (κ3) is 25.6. The Labute approximate surface area is 270 Å². The molecule has 0 bridgehead atoms. The van der Waals surface area contributed by atoms with Crippen LogP contribution in [0.25, 0.3) is 0 Å². The molecule has 0 heterocycles. The van der Waals surface area contributed by atoms with Crippen molar-refractivity contribution in [3.63, 3.8) is 0 Å². The summed E-state index contributed by atoms with van der Waals surface area (Å²) in [7, 11) is 0. The first kappa shape index (κ1) is 49.6. The molecule has 0 spiro atoms. The summed E-state index contributed by atoms with van der Waals surface area (Å²) in [5.41, 5.74) is 16.1. The van der Waals surface area contributed by atoms with Gasteiger partial charge in [0.25, 0.3) is 0 Å². The number of carbonyl (C=O) groups is 2. The summed E-state index contributed by atoms with van der Waals surface area (Å²) in [6.45, 7) is 14.4. The molecule has 0 unspecified atom stereocenters. The molecular weight excluding hydrogens is 517 g/mol. The number of hydrogen-bond acceptors (Lipinski definition) is 7. The zero-order valence-corrected chi connectivity index (χ0v) is 29.8. The van der Waals surface area contributed by atoms with Gasteiger partial charge in [-0.05, 0) is 45.4 Å². The fourth-order valence-corrected chi connectivity index (χ4v) is 4.13. The Kier molecular flexibility index (Phi) is 37.7. The molecule has 40 heavy (non-hydrogen) atoms. The molecule has 0 saturated carbocycles. The van der Waals surface area contributed by atoms with Gasteiger partial charge >= 0.3 is 35.5 Å². The van der Waals surface area contributed by atoms with E-state index >= 15 is 0 Å². The van der Waals surface area contributed by atoms with Crippen molar-refractivity contribution in [2.24, 2.45) is 17.2 Å². The predicted octanol–water partition coefficient (Wildman–Crippen LogP) is 3.69. The molecule has 9 N–H and O–H groups in total. The maximum Gasteiger partial charge on any atom is 1.00 e. The predicted molar refractivity (Wildman–Crippen MR) is 165 cm³/mol. The average molecular weight is 586 g/mol. The Morgan fingerprint density at radius 3 is 1.02 bits per heavy atom. The van der Waals surface area contributed by atoms with E-state index in [1.54, 1.807) is 6.92 Å². The molecule has 0 saturated heterocycles. The molecule has 0 radical (unpaired) electrons. The summed E-state index contributed by atoms with van der Waals surface area (Å²) >= 11 is 0. The van der Waals surface area contributed by atoms with Gasteiger partial charge in [0.05, 0.1) is 12.1 Å². The molecule has 0 aromatic rings. The largest absolute Gasteiger partial charge is 1.00 e. The second-order valence-electron chi connectivity index (χ2n) is 11.3. The van der Waals surface area contributed by atoms with Crippen LogP contribution >= 0.6 is 0 Å². The van der Waals surface area contributed by atoms with Gasteiger partial charge in [-0.2, -0.15) is 0 Å². The van der Waals surface area contributed by atoms with Crippen LogP contribution in [-0.2, 0) is 9.59 Å². The van der Waals surface area contributed by atoms with E-state index in [2.05, 4.69) is 27.7 Å². The van der Waals surface area contributed by atoms with Crippen LogP contribution in [0.3, 0.4) is 0 Å². The van der Waals surface area contributed by atoms with E-state index in [4.69, 9.17) is 27.4 Å². The Bertz CT molecular complexity index is 519. The summed E-state index contributed by atoms with van der Waals surface area (Å²) in [6.07, 6.45) is 17.5. The maximum atomic E-state index is 11.4. The molecule has 238 valence electrons. The van der Waals surface area contributed by atoms with Crippen molar-refractivity contribution in [3.05, 3.63) is 0 Å². The molecule has 0 rings (SSSR count). The Hall–Kier alpha value is -0.0600. The fraction of sp³-hybridized carbons (Fsp3) is 0.935. The van der Waals surface area contributed by atoms with Crippen LogP contribution in [0.4, 0.5) is 0 Å². The summed E-state index contributed by atoms with van der Waals surface area (Å²) in [5, 5.41) is 18.1. The maximum absolute atomic E-state index is 11.4. The number of carbonyl (C=O) groups excluding carboxylic acids is 1. The monoisotopic (exact) mass is 586 g/mol. The van der Waals surface area contributed by atoms with Gasteiger partial charge in [-0.3, -0.25) is 9.59 Å². The number of hydrogen-bond donors (Lipinski definition) is 5. The molecule has 0 aliphatic carbocycles. The van der Waals surface area contributed by atoms with E-state index in [0.29, 0.717) is 12.8 Å². The second-order valence-corrected chi connectivity index (χ2v) is 11.3. The van der Waals surface area contributed by atoms with Crippen LogP contribution in [-0.4, -0.2) is 50.7 Å². The van der Waals surface area contributed by atoms with E-state index in [1.165, 1.54) is 0 Å². The fourth-order valence-electron chi connectivity index (χ4n) is 4.13. The van der Waals surface area contributed by atoms with Crippen molar-refractivity contribution in [1.82, 2.24) is 0 Å². The average Bonchev–Trinajstić information content (AvgIpc) is 2.90. The number of unbranched alkanes of at least 4 members (excludes halogenated alkanes) is 6. The van der Waals surface area contributed by atoms with Crippen LogP contribution in [0.15, 0.2) is 0 Å². The summed E-state index contributed by atoms with van der Waals surface area (Å²) in [5.74, 6) is -0.705. The first-order chi connectivity index (χ1) is 17.8. The quantitative estimate of drug-likeness (QED) is 0.126. The first-order valence-corrected chi connectivity index (χ1v) is 15.5. The van der Waals surface area contributed by atoms with E-state index < -0.39 is 17.0 Å². The normalized spacial score (nSPS) is 11.2. The zero-order valence-electron chi connectivity index (χ0n) is 27.8. The molecule has 0 fully saturated rings. The smallest absolute Gasteiger partial charge is 0.870 e. The van der Waals surface area contributed by atoms with E-state index in [1.807, 2.05) is 13.8 Å². The topological polar surface area (TPSA) is 183 Å². The summed E-state index contributed by atoms with van der Waals surface area (Å²) in [6, 6.07) is 0. The number of aliphatic carboxylic acids is 1. The molecule has 0 aliphatic rings. The number of aliphatic hydroxyl groups is 1. The minimum absolute atomic E-state index is 0. The van der Waals surface area contributed by atoms with Gasteiger partial charge in [0.2, 0.25) is 0 Å². The van der Waals surface area contributed by atoms with Crippen LogP contribution in [0, 0.1) is 0 Å². The van der Waals surface area contributed by atoms with Crippen molar-refractivity contribution in [2.45, 2.75) is 181 Å². The molecule has 0 aromatic heterocycles. The van der Waals surface area contributed by atoms with Crippen LogP contribution in [0.5, 0.6) is 0 Å². The third-order valence-corrected chi connectivity index (χ3v) is 7.40. The SMILES string of the molecule is CCCCC(N)(CCCC)C(=O)O.CCCCC(N)(CCCC)C(C)=O.CCCCC(N)(CO)CCCC.[Na+].[OH-]. The van der Waals surface area contributed by atoms with Crippen LogP contribution in [0.2, 0.25) is 0 Å². The first-order valence-electron chi connectivity index (χ1n) is 15.5. The number of carboxylic acid groups (broad SMARTS) is 1. The number of carboxylic acids is 1. The van der Waals surface area contributed by atoms with Gasteiger partial charge < -0.3 is 32.9 Å². The number of Topliss-reactive ketones (excluding diaryl/α,β-unsaturated/α-hetero) is 1. The molecule has 0 atom stereocenters. The minimum atomic E-state index is -0.980. The van der Waals surface area contributed by atoms with E-state index in [-0.39, 0.29) is 53.0 Å². The van der Waals surface area contributed by atoms with Crippen molar-refractivity contribution in [1.29, 1.82) is 0 Å². The number of ketones is 1. The van der Waals surface area contributed by atoms with Gasteiger partial charge in [-0.15, -0.1) is 0 Å². The Morgan fingerprint density at radius 2 is 0.825 bits per heavy atom. The number of aliphatic hydroxyl groups excluding tert-OH is 1. The van der Waals surface area contributed by atoms with Gasteiger partial charge in [0, 0.05) is 5.54 Å². The Morgan fingerprint density at radius 1 is 0.575 bits per heavy atom. The van der Waals surface area contributed by atoms with Crippen LogP contribution < -0.4 is 46.8 Å². The summed E-state index contributed by atoms with van der Waals surface area (Å²) in [4.78, 5) is 22.3. The van der Waals surface area contributed by atoms with E-state index in [9.17, 15) is 9.59 Å². The summed E-state index contributed by atoms with van der Waals surface area (Å²) < 4.78 is 0. The van der Waals surface area contributed by atoms with Gasteiger partial charge in [0.1, 0.15) is 11.3 Å². The van der Waals surface area contributed by atoms with Gasteiger partial charge in [-0.1, -0.05) is 119 Å². The van der Waals surface area contributed by atoms with E-state index in [0.717, 1.165) is 103 Å². The molecule has 0 amide bonds. The van der Waals surface area contributed by atoms with Crippen molar-refractivity contribution in [2.75, 3.05) is 6.61 Å². The minimum Gasteiger partial charge on any atom is -0.870 e. The third-order valence-electron chi connectivity index (χ3n) is 7.40. The standard InChI is InChI=1S/C11H23NO.C10H21NO2.C10H23NO.Na.H2O/c1-4-6-8-11(12,10(3)13)9-7-5-2;1-3-5-7-10(11,9(12)13)8-6-4-2;1-3-5-7-10(11,9-12)8-6-4-2;;/h4-9,12H2,1-3H3;3-8,11H2,1-2H3,(H,12,13);12H,3-9,11H2,1-2H3;;1H2/q;;;+1;/p-1. The van der Waals surface area contributed by atoms with Crippen molar-refractivity contribution >= 4 is 11.8 Å². The zero-order chi connectivity index (χ0) is 30.1.